The zero-order valence-corrected chi connectivity index (χ0v) is 18.7. The summed E-state index contributed by atoms with van der Waals surface area (Å²) in [4.78, 5) is 35.6. The highest BCUT2D eigenvalue weighted by atomic mass is 35.5. The van der Waals surface area contributed by atoms with Gasteiger partial charge in [0.25, 0.3) is 5.91 Å². The summed E-state index contributed by atoms with van der Waals surface area (Å²) in [5, 5.41) is 3.91. The van der Waals surface area contributed by atoms with E-state index in [9.17, 15) is 4.79 Å². The number of hydrogen-bond donors (Lipinski definition) is 2. The molecule has 1 atom stereocenters. The van der Waals surface area contributed by atoms with Crippen molar-refractivity contribution in [2.75, 3.05) is 18.1 Å². The third kappa shape index (κ3) is 4.16. The predicted octanol–water partition coefficient (Wildman–Crippen LogP) is 3.26. The number of aromatic amines is 1. The van der Waals surface area contributed by atoms with Gasteiger partial charge in [0.2, 0.25) is 0 Å². The number of para-hydroxylation sites is 1. The molecule has 170 valence electrons. The van der Waals surface area contributed by atoms with Crippen LogP contribution in [-0.4, -0.2) is 56.1 Å². The third-order valence-corrected chi connectivity index (χ3v) is 6.11. The largest absolute Gasteiger partial charge is 0.491 e. The van der Waals surface area contributed by atoms with E-state index in [0.717, 1.165) is 54.5 Å². The maximum atomic E-state index is 12.6. The van der Waals surface area contributed by atoms with Crippen molar-refractivity contribution >= 4 is 46.2 Å². The fourth-order valence-corrected chi connectivity index (χ4v) is 4.31. The van der Waals surface area contributed by atoms with Crippen LogP contribution in [0, 0.1) is 0 Å². The van der Waals surface area contributed by atoms with Gasteiger partial charge in [-0.1, -0.05) is 12.1 Å². The first-order chi connectivity index (χ1) is 15.8. The summed E-state index contributed by atoms with van der Waals surface area (Å²) in [7, 11) is 0. The van der Waals surface area contributed by atoms with Crippen molar-refractivity contribution in [3.63, 3.8) is 0 Å². The number of aromatic nitrogens is 5. The fourth-order valence-electron chi connectivity index (χ4n) is 4.31. The fraction of sp³-hybridized carbons (Fsp3) is 0.348. The molecule has 0 radical (unpaired) electrons. The molecule has 4 heterocycles. The summed E-state index contributed by atoms with van der Waals surface area (Å²) in [6, 6.07) is 9.96. The second kappa shape index (κ2) is 8.82. The number of nitrogens with one attached hydrogen (secondary N) is 2. The molecule has 2 N–H and O–H groups in total. The number of halogens is 1. The van der Waals surface area contributed by atoms with Crippen molar-refractivity contribution in [2.45, 2.75) is 37.8 Å². The Kier molecular flexibility index (Phi) is 5.72. The summed E-state index contributed by atoms with van der Waals surface area (Å²) >= 11 is 0. The topological polar surface area (TPSA) is 109 Å². The second-order valence-electron chi connectivity index (χ2n) is 8.37. The average Bonchev–Trinajstić information content (AvgIpc) is 3.30. The van der Waals surface area contributed by atoms with Gasteiger partial charge >= 0.3 is 0 Å². The highest BCUT2D eigenvalue weighted by Crippen LogP contribution is 2.30. The summed E-state index contributed by atoms with van der Waals surface area (Å²) in [5.74, 6) is 1.38. The number of imidazole rings is 1. The number of anilines is 1. The Labute approximate surface area is 196 Å². The highest BCUT2D eigenvalue weighted by molar-refractivity contribution is 5.97. The number of rotatable bonds is 6. The lowest BCUT2D eigenvalue weighted by atomic mass is 10.1. The molecule has 1 saturated heterocycles. The van der Waals surface area contributed by atoms with Crippen LogP contribution < -0.4 is 15.0 Å². The van der Waals surface area contributed by atoms with Gasteiger partial charge in [0, 0.05) is 24.0 Å². The van der Waals surface area contributed by atoms with Crippen molar-refractivity contribution in [3.05, 3.63) is 48.7 Å². The van der Waals surface area contributed by atoms with E-state index in [1.165, 1.54) is 0 Å². The number of nitrogens with zero attached hydrogens (tertiary/aromatic N) is 5. The minimum atomic E-state index is -0.145. The van der Waals surface area contributed by atoms with Crippen LogP contribution in [0.25, 0.3) is 22.1 Å². The van der Waals surface area contributed by atoms with Gasteiger partial charge in [0.15, 0.2) is 11.5 Å². The third-order valence-electron chi connectivity index (χ3n) is 6.11. The van der Waals surface area contributed by atoms with Gasteiger partial charge in [-0.15, -0.1) is 12.4 Å². The lowest BCUT2D eigenvalue weighted by molar-refractivity contribution is 0.0946. The quantitative estimate of drug-likeness (QED) is 0.449. The van der Waals surface area contributed by atoms with Crippen molar-refractivity contribution in [1.29, 1.82) is 0 Å². The molecule has 33 heavy (non-hydrogen) atoms. The van der Waals surface area contributed by atoms with Crippen LogP contribution in [0.5, 0.6) is 5.75 Å². The molecule has 1 unspecified atom stereocenters. The summed E-state index contributed by atoms with van der Waals surface area (Å²) in [5.41, 5.74) is 2.65. The normalized spacial score (nSPS) is 17.8. The van der Waals surface area contributed by atoms with Crippen molar-refractivity contribution < 1.29 is 9.53 Å². The Hall–Kier alpha value is -3.46. The van der Waals surface area contributed by atoms with E-state index in [0.29, 0.717) is 23.7 Å². The molecule has 0 spiro atoms. The van der Waals surface area contributed by atoms with E-state index < -0.39 is 0 Å². The zero-order chi connectivity index (χ0) is 21.5. The highest BCUT2D eigenvalue weighted by Gasteiger charge is 2.29. The van der Waals surface area contributed by atoms with E-state index in [1.54, 1.807) is 18.7 Å². The van der Waals surface area contributed by atoms with Crippen LogP contribution in [0.4, 0.5) is 5.82 Å². The lowest BCUT2D eigenvalue weighted by Gasteiger charge is -2.26. The molecule has 1 aromatic carbocycles. The van der Waals surface area contributed by atoms with Crippen LogP contribution in [0.15, 0.2) is 43.0 Å². The molecular formula is C23H24ClN7O2. The van der Waals surface area contributed by atoms with Gasteiger partial charge in [-0.05, 0) is 37.8 Å². The molecule has 3 aromatic heterocycles. The van der Waals surface area contributed by atoms with E-state index in [2.05, 4.69) is 35.1 Å². The van der Waals surface area contributed by atoms with Crippen LogP contribution in [0.2, 0.25) is 0 Å². The molecule has 1 saturated carbocycles. The lowest BCUT2D eigenvalue weighted by Crippen LogP contribution is -2.35. The van der Waals surface area contributed by atoms with Crippen LogP contribution in [0.1, 0.15) is 36.2 Å². The summed E-state index contributed by atoms with van der Waals surface area (Å²) in [6.45, 7) is 1.38. The molecule has 0 bridgehead atoms. The van der Waals surface area contributed by atoms with Gasteiger partial charge < -0.3 is 19.9 Å². The molecule has 10 heteroatoms. The minimum Gasteiger partial charge on any atom is -0.491 e. The number of hydrogen-bond acceptors (Lipinski definition) is 7. The van der Waals surface area contributed by atoms with Gasteiger partial charge in [-0.2, -0.15) is 0 Å². The van der Waals surface area contributed by atoms with Crippen molar-refractivity contribution in [3.8, 4) is 5.75 Å². The Morgan fingerprint density at radius 3 is 2.94 bits per heavy atom. The number of carbonyl (C=O) groups is 1. The zero-order valence-electron chi connectivity index (χ0n) is 17.9. The van der Waals surface area contributed by atoms with Gasteiger partial charge in [-0.25, -0.2) is 19.9 Å². The molecule has 1 amide bonds. The van der Waals surface area contributed by atoms with E-state index in [1.807, 2.05) is 24.3 Å². The monoisotopic (exact) mass is 465 g/mol. The smallest absolute Gasteiger partial charge is 0.270 e. The predicted molar refractivity (Wildman–Crippen MR) is 127 cm³/mol. The van der Waals surface area contributed by atoms with Crippen LogP contribution in [-0.2, 0) is 0 Å². The molecule has 1 aliphatic heterocycles. The first-order valence-electron chi connectivity index (χ1n) is 11.0. The van der Waals surface area contributed by atoms with E-state index >= 15 is 0 Å². The number of fused-ring (bicyclic) bond motifs is 2. The number of amides is 1. The maximum absolute atomic E-state index is 12.6. The Morgan fingerprint density at radius 1 is 1.18 bits per heavy atom. The Morgan fingerprint density at radius 2 is 2.06 bits per heavy atom. The summed E-state index contributed by atoms with van der Waals surface area (Å²) < 4.78 is 6.33. The molecule has 2 aliphatic rings. The first-order valence-corrected chi connectivity index (χ1v) is 11.0. The molecule has 1 aliphatic carbocycles. The molecular weight excluding hydrogens is 442 g/mol. The Bertz CT molecular complexity index is 1310. The Balaban J connectivity index is 0.00000228. The van der Waals surface area contributed by atoms with Gasteiger partial charge in [-0.3, -0.25) is 4.79 Å². The van der Waals surface area contributed by atoms with E-state index in [-0.39, 0.29) is 30.4 Å². The minimum absolute atomic E-state index is 0. The van der Waals surface area contributed by atoms with Crippen LogP contribution >= 0.6 is 12.4 Å². The second-order valence-corrected chi connectivity index (χ2v) is 8.37. The SMILES string of the molecule is Cl.O=C(NC1CC1)c1cc(OCC2CCCN2c2ncnc3nc[nH]c23)c2ccccc2n1. The number of ether oxygens (including phenoxy) is 1. The van der Waals surface area contributed by atoms with Gasteiger partial charge in [0.1, 0.15) is 29.9 Å². The van der Waals surface area contributed by atoms with Gasteiger partial charge in [0.05, 0.1) is 17.9 Å². The first kappa shape index (κ1) is 21.4. The summed E-state index contributed by atoms with van der Waals surface area (Å²) in [6.07, 6.45) is 7.31. The maximum Gasteiger partial charge on any atom is 0.270 e. The number of carbonyl (C=O) groups excluding carboxylic acids is 1. The molecule has 6 rings (SSSR count). The van der Waals surface area contributed by atoms with Crippen molar-refractivity contribution in [1.82, 2.24) is 30.2 Å². The van der Waals surface area contributed by atoms with Crippen molar-refractivity contribution in [2.24, 2.45) is 0 Å². The average molecular weight is 466 g/mol. The molecule has 9 nitrogen and oxygen atoms in total. The van der Waals surface area contributed by atoms with Crippen LogP contribution in [0.3, 0.4) is 0 Å². The number of H-pyrrole nitrogens is 1. The number of pyridine rings is 1. The van der Waals surface area contributed by atoms with E-state index in [4.69, 9.17) is 4.74 Å². The molecule has 2 fully saturated rings. The number of benzene rings is 1. The standard InChI is InChI=1S/C23H23N7O2.ClH/c31-23(28-14-7-8-14)18-10-19(16-5-1-2-6-17(16)29-18)32-11-15-4-3-9-30(15)22-20-21(25-12-24-20)26-13-27-22;/h1-2,5-6,10,12-15H,3-4,7-9,11H2,(H,28,31)(H,24,25,26,27);1H. The molecule has 4 aromatic rings.